The summed E-state index contributed by atoms with van der Waals surface area (Å²) in [5.41, 5.74) is 2.90. The van der Waals surface area contributed by atoms with Gasteiger partial charge in [0.05, 0.1) is 25.7 Å². The average Bonchev–Trinajstić information content (AvgIpc) is 3.58. The Balaban J connectivity index is 1.23. The van der Waals surface area contributed by atoms with Crippen molar-refractivity contribution >= 4 is 5.91 Å². The first-order valence-corrected chi connectivity index (χ1v) is 12.2. The van der Waals surface area contributed by atoms with Crippen LogP contribution in [0.4, 0.5) is 0 Å². The molecule has 8 heteroatoms. The molecule has 4 aromatic rings. The molecule has 0 saturated carbocycles. The number of ether oxygens (including phenoxy) is 3. The number of rotatable bonds is 10. The van der Waals surface area contributed by atoms with E-state index in [1.165, 1.54) is 0 Å². The van der Waals surface area contributed by atoms with Crippen LogP contribution in [0.2, 0.25) is 0 Å². The molecule has 0 N–H and O–H groups in total. The highest BCUT2D eigenvalue weighted by molar-refractivity contribution is 5.79. The van der Waals surface area contributed by atoms with Crippen molar-refractivity contribution in [3.05, 3.63) is 89.8 Å². The summed E-state index contributed by atoms with van der Waals surface area (Å²) in [7, 11) is 3.22. The van der Waals surface area contributed by atoms with E-state index in [1.807, 2.05) is 77.7 Å². The first kappa shape index (κ1) is 24.4. The molecule has 1 saturated heterocycles. The smallest absolute Gasteiger partial charge is 0.232 e. The number of nitrogens with zero attached hydrogens (tertiary/aromatic N) is 3. The van der Waals surface area contributed by atoms with Crippen molar-refractivity contribution in [3.8, 4) is 28.6 Å². The summed E-state index contributed by atoms with van der Waals surface area (Å²) in [6, 6.07) is 23.4. The zero-order valence-corrected chi connectivity index (χ0v) is 20.9. The van der Waals surface area contributed by atoms with Gasteiger partial charge < -0.3 is 23.6 Å². The monoisotopic (exact) mass is 499 g/mol. The number of aromatic nitrogens is 2. The van der Waals surface area contributed by atoms with Gasteiger partial charge in [-0.05, 0) is 41.8 Å². The van der Waals surface area contributed by atoms with Crippen LogP contribution in [-0.2, 0) is 17.8 Å². The maximum atomic E-state index is 12.7. The molecule has 37 heavy (non-hydrogen) atoms. The van der Waals surface area contributed by atoms with Gasteiger partial charge in [-0.25, -0.2) is 0 Å². The lowest BCUT2D eigenvalue weighted by Gasteiger charge is -2.16. The van der Waals surface area contributed by atoms with Crippen LogP contribution in [0.25, 0.3) is 11.4 Å². The van der Waals surface area contributed by atoms with Crippen LogP contribution in [0.15, 0.2) is 77.3 Å². The van der Waals surface area contributed by atoms with Crippen LogP contribution < -0.4 is 14.2 Å². The second-order valence-electron chi connectivity index (χ2n) is 8.91. The predicted molar refractivity (Wildman–Crippen MR) is 138 cm³/mol. The summed E-state index contributed by atoms with van der Waals surface area (Å²) in [6.07, 6.45) is 1.06. The van der Waals surface area contributed by atoms with Gasteiger partial charge in [-0.15, -0.1) is 0 Å². The molecule has 1 amide bonds. The number of hydrogen-bond donors (Lipinski definition) is 0. The van der Waals surface area contributed by atoms with E-state index in [2.05, 4.69) is 10.1 Å². The highest BCUT2D eigenvalue weighted by Crippen LogP contribution is 2.33. The molecular formula is C29H29N3O5. The molecule has 0 bridgehead atoms. The summed E-state index contributed by atoms with van der Waals surface area (Å²) >= 11 is 0. The first-order chi connectivity index (χ1) is 18.1. The first-order valence-electron chi connectivity index (χ1n) is 12.2. The van der Waals surface area contributed by atoms with Crippen molar-refractivity contribution in [1.29, 1.82) is 0 Å². The molecule has 190 valence electrons. The van der Waals surface area contributed by atoms with E-state index in [0.717, 1.165) is 16.7 Å². The van der Waals surface area contributed by atoms with Crippen molar-refractivity contribution in [3.63, 3.8) is 0 Å². The number of amides is 1. The molecule has 2 heterocycles. The molecule has 0 radical (unpaired) electrons. The maximum absolute atomic E-state index is 12.7. The summed E-state index contributed by atoms with van der Waals surface area (Å²) in [5, 5.41) is 4.20. The summed E-state index contributed by atoms with van der Waals surface area (Å²) in [6.45, 7) is 1.58. The Morgan fingerprint density at radius 3 is 2.51 bits per heavy atom. The van der Waals surface area contributed by atoms with E-state index in [4.69, 9.17) is 18.7 Å². The van der Waals surface area contributed by atoms with Crippen molar-refractivity contribution in [2.24, 2.45) is 0 Å². The number of likely N-dealkylation sites (tertiary alicyclic amines) is 1. The zero-order chi connectivity index (χ0) is 25.6. The molecule has 1 aliphatic rings. The van der Waals surface area contributed by atoms with E-state index < -0.39 is 0 Å². The van der Waals surface area contributed by atoms with Crippen molar-refractivity contribution in [1.82, 2.24) is 15.0 Å². The van der Waals surface area contributed by atoms with Gasteiger partial charge in [0.1, 0.15) is 12.4 Å². The molecule has 0 aliphatic carbocycles. The summed E-state index contributed by atoms with van der Waals surface area (Å²) in [4.78, 5) is 19.2. The third-order valence-corrected chi connectivity index (χ3v) is 6.49. The van der Waals surface area contributed by atoms with Gasteiger partial charge >= 0.3 is 0 Å². The third kappa shape index (κ3) is 5.58. The van der Waals surface area contributed by atoms with E-state index in [9.17, 15) is 4.79 Å². The topological polar surface area (TPSA) is 86.9 Å². The van der Waals surface area contributed by atoms with Crippen LogP contribution in [0.3, 0.4) is 0 Å². The SMILES string of the molecule is COc1ccc(CCN2CC(c3nc(-c4ccccc4OCc4ccccc4)no3)CC2=O)cc1OC. The standard InChI is InChI=1S/C29H29N3O5/c1-34-25-13-12-20(16-26(25)35-2)14-15-32-18-22(17-27(32)33)29-30-28(31-37-29)23-10-6-7-11-24(23)36-19-21-8-4-3-5-9-21/h3-13,16,22H,14-15,17-19H2,1-2H3. The molecule has 1 unspecified atom stereocenters. The van der Waals surface area contributed by atoms with Crippen LogP contribution >= 0.6 is 0 Å². The fraction of sp³-hybridized carbons (Fsp3) is 0.276. The lowest BCUT2D eigenvalue weighted by molar-refractivity contribution is -0.127. The molecule has 0 spiro atoms. The van der Waals surface area contributed by atoms with Crippen molar-refractivity contribution < 1.29 is 23.5 Å². The molecule has 1 fully saturated rings. The van der Waals surface area contributed by atoms with Crippen molar-refractivity contribution in [2.45, 2.75) is 25.4 Å². The number of carbonyl (C=O) groups is 1. The van der Waals surface area contributed by atoms with Gasteiger partial charge in [-0.3, -0.25) is 4.79 Å². The summed E-state index contributed by atoms with van der Waals surface area (Å²) in [5.74, 6) is 2.90. The minimum absolute atomic E-state index is 0.0804. The van der Waals surface area contributed by atoms with E-state index in [-0.39, 0.29) is 11.8 Å². The van der Waals surface area contributed by atoms with Crippen molar-refractivity contribution in [2.75, 3.05) is 27.3 Å². The Morgan fingerprint density at radius 2 is 1.70 bits per heavy atom. The van der Waals surface area contributed by atoms with E-state index >= 15 is 0 Å². The summed E-state index contributed by atoms with van der Waals surface area (Å²) < 4.78 is 22.4. The number of para-hydroxylation sites is 1. The number of hydrogen-bond acceptors (Lipinski definition) is 7. The van der Waals surface area contributed by atoms with Gasteiger partial charge in [0.2, 0.25) is 17.6 Å². The van der Waals surface area contributed by atoms with E-state index in [1.54, 1.807) is 14.2 Å². The fourth-order valence-electron chi connectivity index (χ4n) is 4.48. The lowest BCUT2D eigenvalue weighted by Crippen LogP contribution is -2.27. The molecular weight excluding hydrogens is 470 g/mol. The Labute approximate surface area is 215 Å². The second-order valence-corrected chi connectivity index (χ2v) is 8.91. The minimum atomic E-state index is -0.142. The maximum Gasteiger partial charge on any atom is 0.232 e. The third-order valence-electron chi connectivity index (χ3n) is 6.49. The molecule has 1 aromatic heterocycles. The molecule has 1 aliphatic heterocycles. The number of methoxy groups -OCH3 is 2. The number of carbonyl (C=O) groups excluding carboxylic acids is 1. The van der Waals surface area contributed by atoms with E-state index in [0.29, 0.717) is 61.5 Å². The Hall–Kier alpha value is -4.33. The molecule has 8 nitrogen and oxygen atoms in total. The largest absolute Gasteiger partial charge is 0.493 e. The van der Waals surface area contributed by atoms with Gasteiger partial charge in [0.15, 0.2) is 11.5 Å². The van der Waals surface area contributed by atoms with Crippen LogP contribution in [0, 0.1) is 0 Å². The quantitative estimate of drug-likeness (QED) is 0.307. The molecule has 1 atom stereocenters. The molecule has 5 rings (SSSR count). The average molecular weight is 500 g/mol. The van der Waals surface area contributed by atoms with Crippen LogP contribution in [-0.4, -0.2) is 48.3 Å². The Bertz CT molecular complexity index is 1350. The highest BCUT2D eigenvalue weighted by Gasteiger charge is 2.34. The fourth-order valence-corrected chi connectivity index (χ4v) is 4.48. The lowest BCUT2D eigenvalue weighted by atomic mass is 10.1. The van der Waals surface area contributed by atoms with Crippen LogP contribution in [0.1, 0.15) is 29.4 Å². The Kier molecular flexibility index (Phi) is 7.35. The second kappa shape index (κ2) is 11.2. The predicted octanol–water partition coefficient (Wildman–Crippen LogP) is 4.89. The highest BCUT2D eigenvalue weighted by atomic mass is 16.5. The van der Waals surface area contributed by atoms with Gasteiger partial charge in [-0.1, -0.05) is 53.7 Å². The van der Waals surface area contributed by atoms with Gasteiger partial charge in [0.25, 0.3) is 0 Å². The van der Waals surface area contributed by atoms with Gasteiger partial charge in [0, 0.05) is 19.5 Å². The normalized spacial score (nSPS) is 15.1. The number of benzene rings is 3. The zero-order valence-electron chi connectivity index (χ0n) is 20.9. The minimum Gasteiger partial charge on any atom is -0.493 e. The Morgan fingerprint density at radius 1 is 0.919 bits per heavy atom. The molecule has 3 aromatic carbocycles. The van der Waals surface area contributed by atoms with Crippen LogP contribution in [0.5, 0.6) is 17.2 Å². The van der Waals surface area contributed by atoms with Gasteiger partial charge in [-0.2, -0.15) is 4.98 Å².